The number of nitrogens with one attached hydrogen (secondary N) is 2. The third-order valence-corrected chi connectivity index (χ3v) is 6.40. The Morgan fingerprint density at radius 1 is 1.07 bits per heavy atom. The van der Waals surface area contributed by atoms with Crippen molar-refractivity contribution in [2.24, 2.45) is 0 Å². The second-order valence-corrected chi connectivity index (χ2v) is 9.70. The van der Waals surface area contributed by atoms with Gasteiger partial charge in [-0.05, 0) is 24.3 Å². The molecule has 4 rings (SSSR count). The first-order valence-corrected chi connectivity index (χ1v) is 10.9. The highest BCUT2D eigenvalue weighted by molar-refractivity contribution is 7.86. The average molecular weight is 463 g/mol. The van der Waals surface area contributed by atoms with Crippen molar-refractivity contribution in [3.63, 3.8) is 0 Å². The van der Waals surface area contributed by atoms with E-state index in [2.05, 4.69) is 15.3 Å². The highest BCUT2D eigenvalue weighted by Gasteiger charge is 2.20. The van der Waals surface area contributed by atoms with E-state index in [4.69, 9.17) is 34.8 Å². The zero-order valence-corrected chi connectivity index (χ0v) is 17.2. The van der Waals surface area contributed by atoms with E-state index in [0.717, 1.165) is 4.88 Å². The fraction of sp³-hybridized carbons (Fsp3) is 0.0625. The second-order valence-electron chi connectivity index (χ2n) is 5.74. The summed E-state index contributed by atoms with van der Waals surface area (Å²) in [5.74, 6) is 0. The van der Waals surface area contributed by atoms with E-state index in [1.54, 1.807) is 24.4 Å². The number of anilines is 1. The SMILES string of the molecule is O=S(=O)(O)c1cc(Cl)cc2c1[nH]c1c(NCc3cnc(Cl)s3)cc(Cl)cc12. The molecule has 0 fully saturated rings. The van der Waals surface area contributed by atoms with E-state index in [-0.39, 0.29) is 15.4 Å². The first-order valence-electron chi connectivity index (χ1n) is 7.48. The van der Waals surface area contributed by atoms with Crippen LogP contribution in [0.2, 0.25) is 14.5 Å². The molecule has 0 atom stereocenters. The Kier molecular flexibility index (Phi) is 4.74. The number of halogens is 3. The van der Waals surface area contributed by atoms with Gasteiger partial charge in [0.1, 0.15) is 4.90 Å². The maximum absolute atomic E-state index is 11.8. The molecule has 3 N–H and O–H groups in total. The zero-order chi connectivity index (χ0) is 19.3. The van der Waals surface area contributed by atoms with Crippen molar-refractivity contribution >= 4 is 83.8 Å². The number of aromatic amines is 1. The van der Waals surface area contributed by atoms with Crippen LogP contribution in [0.25, 0.3) is 21.8 Å². The van der Waals surface area contributed by atoms with Gasteiger partial charge in [0.15, 0.2) is 4.47 Å². The minimum absolute atomic E-state index is 0.185. The van der Waals surface area contributed by atoms with Gasteiger partial charge in [-0.25, -0.2) is 4.98 Å². The quantitative estimate of drug-likeness (QED) is 0.343. The lowest BCUT2D eigenvalue weighted by atomic mass is 10.1. The molecule has 2 aromatic heterocycles. The molecule has 0 spiro atoms. The summed E-state index contributed by atoms with van der Waals surface area (Å²) in [7, 11) is -4.47. The summed E-state index contributed by atoms with van der Waals surface area (Å²) in [4.78, 5) is 7.68. The van der Waals surface area contributed by atoms with Gasteiger partial charge < -0.3 is 10.3 Å². The summed E-state index contributed by atoms with van der Waals surface area (Å²) in [6.45, 7) is 0.459. The largest absolute Gasteiger partial charge is 0.378 e. The second kappa shape index (κ2) is 6.80. The fourth-order valence-corrected chi connectivity index (χ4v) is 5.01. The Bertz CT molecular complexity index is 1300. The van der Waals surface area contributed by atoms with Crippen molar-refractivity contribution in [2.45, 2.75) is 11.4 Å². The van der Waals surface area contributed by atoms with E-state index >= 15 is 0 Å². The summed E-state index contributed by atoms with van der Waals surface area (Å²) in [6.07, 6.45) is 1.67. The van der Waals surface area contributed by atoms with Crippen LogP contribution in [0.3, 0.4) is 0 Å². The van der Waals surface area contributed by atoms with Crippen molar-refractivity contribution in [1.29, 1.82) is 0 Å². The van der Waals surface area contributed by atoms with Gasteiger partial charge in [-0.3, -0.25) is 4.55 Å². The summed E-state index contributed by atoms with van der Waals surface area (Å²) >= 11 is 19.5. The standard InChI is InChI=1S/C16H10Cl3N3O3S2/c17-7-1-10-11-2-8(18)4-13(27(23,24)25)15(11)22-14(10)12(3-7)20-5-9-6-21-16(19)26-9/h1-4,6,20,22H,5H2,(H,23,24,25). The van der Waals surface area contributed by atoms with E-state index in [1.807, 2.05) is 0 Å². The molecule has 0 aliphatic carbocycles. The predicted octanol–water partition coefficient (Wildman–Crippen LogP) is 5.60. The molecule has 0 saturated carbocycles. The molecule has 0 unspecified atom stereocenters. The highest BCUT2D eigenvalue weighted by atomic mass is 35.5. The molecular formula is C16H10Cl3N3O3S2. The van der Waals surface area contributed by atoms with Crippen LogP contribution in [0.5, 0.6) is 0 Å². The Labute approximate surface area is 172 Å². The van der Waals surface area contributed by atoms with Crippen molar-refractivity contribution in [1.82, 2.24) is 9.97 Å². The van der Waals surface area contributed by atoms with Crippen molar-refractivity contribution in [2.75, 3.05) is 5.32 Å². The van der Waals surface area contributed by atoms with Crippen LogP contribution in [0.1, 0.15) is 4.88 Å². The van der Waals surface area contributed by atoms with Gasteiger partial charge in [0, 0.05) is 31.9 Å². The molecule has 0 bridgehead atoms. The molecule has 27 heavy (non-hydrogen) atoms. The summed E-state index contributed by atoms with van der Waals surface area (Å²) in [5.41, 5.74) is 1.55. The first-order chi connectivity index (χ1) is 12.7. The van der Waals surface area contributed by atoms with Gasteiger partial charge in [-0.1, -0.05) is 34.8 Å². The normalized spacial score (nSPS) is 12.1. The number of aromatic nitrogens is 2. The van der Waals surface area contributed by atoms with Crippen molar-refractivity contribution < 1.29 is 13.0 Å². The van der Waals surface area contributed by atoms with Gasteiger partial charge in [0.05, 0.1) is 23.3 Å². The van der Waals surface area contributed by atoms with Gasteiger partial charge in [-0.15, -0.1) is 11.3 Å². The third-order valence-electron chi connectivity index (χ3n) is 3.97. The fourth-order valence-electron chi connectivity index (χ4n) is 2.89. The predicted molar refractivity (Wildman–Crippen MR) is 110 cm³/mol. The Hall–Kier alpha value is -1.55. The number of fused-ring (bicyclic) bond motifs is 3. The van der Waals surface area contributed by atoms with E-state index in [9.17, 15) is 13.0 Å². The first kappa shape index (κ1) is 18.8. The number of rotatable bonds is 4. The minimum atomic E-state index is -4.47. The van der Waals surface area contributed by atoms with Crippen molar-refractivity contribution in [3.05, 3.63) is 49.9 Å². The minimum Gasteiger partial charge on any atom is -0.378 e. The number of thiazole rings is 1. The van der Waals surface area contributed by atoms with Gasteiger partial charge in [0.2, 0.25) is 0 Å². The van der Waals surface area contributed by atoms with Crippen LogP contribution >= 0.6 is 46.1 Å². The van der Waals surface area contributed by atoms with Crippen molar-refractivity contribution in [3.8, 4) is 0 Å². The molecule has 6 nitrogen and oxygen atoms in total. The molecule has 0 aliphatic heterocycles. The maximum atomic E-state index is 11.8. The van der Waals surface area contributed by atoms with Gasteiger partial charge in [-0.2, -0.15) is 8.42 Å². The molecule has 2 heterocycles. The van der Waals surface area contributed by atoms with Gasteiger partial charge in [0.25, 0.3) is 10.1 Å². The monoisotopic (exact) mass is 461 g/mol. The van der Waals surface area contributed by atoms with Crippen LogP contribution in [0, 0.1) is 0 Å². The molecular weight excluding hydrogens is 453 g/mol. The molecule has 0 radical (unpaired) electrons. The van der Waals surface area contributed by atoms with Crippen LogP contribution < -0.4 is 5.32 Å². The van der Waals surface area contributed by atoms with E-state index < -0.39 is 10.1 Å². The van der Waals surface area contributed by atoms with Crippen LogP contribution in [0.15, 0.2) is 35.4 Å². The average Bonchev–Trinajstić information content (AvgIpc) is 3.15. The molecule has 0 saturated heterocycles. The topological polar surface area (TPSA) is 95.1 Å². The summed E-state index contributed by atoms with van der Waals surface area (Å²) in [6, 6.07) is 6.24. The molecule has 4 aromatic rings. The molecule has 0 amide bonds. The number of nitrogens with zero attached hydrogens (tertiary/aromatic N) is 1. The summed E-state index contributed by atoms with van der Waals surface area (Å²) < 4.78 is 33.5. The smallest absolute Gasteiger partial charge is 0.296 e. The molecule has 2 aromatic carbocycles. The number of benzene rings is 2. The third kappa shape index (κ3) is 3.61. The van der Waals surface area contributed by atoms with Gasteiger partial charge >= 0.3 is 0 Å². The molecule has 140 valence electrons. The highest BCUT2D eigenvalue weighted by Crippen LogP contribution is 2.37. The number of hydrogen-bond acceptors (Lipinski definition) is 5. The Balaban J connectivity index is 1.91. The molecule has 11 heteroatoms. The van der Waals surface area contributed by atoms with Crippen LogP contribution in [-0.4, -0.2) is 22.9 Å². The lowest BCUT2D eigenvalue weighted by Gasteiger charge is -2.07. The Morgan fingerprint density at radius 2 is 1.74 bits per heavy atom. The maximum Gasteiger partial charge on any atom is 0.296 e. The zero-order valence-electron chi connectivity index (χ0n) is 13.3. The number of hydrogen-bond donors (Lipinski definition) is 3. The van der Waals surface area contributed by atoms with Crippen LogP contribution in [0.4, 0.5) is 5.69 Å². The lowest BCUT2D eigenvalue weighted by Crippen LogP contribution is -1.99. The van der Waals surface area contributed by atoms with Crippen LogP contribution in [-0.2, 0) is 16.7 Å². The Morgan fingerprint density at radius 3 is 2.37 bits per heavy atom. The number of H-pyrrole nitrogens is 1. The summed E-state index contributed by atoms with van der Waals surface area (Å²) in [5, 5.41) is 5.10. The van der Waals surface area contributed by atoms with E-state index in [1.165, 1.54) is 17.4 Å². The van der Waals surface area contributed by atoms with E-state index in [0.29, 0.717) is 38.0 Å². The lowest BCUT2D eigenvalue weighted by molar-refractivity contribution is 0.484. The molecule has 0 aliphatic rings.